The Balaban J connectivity index is 1.87. The summed E-state index contributed by atoms with van der Waals surface area (Å²) in [5.41, 5.74) is 2.46. The van der Waals surface area contributed by atoms with E-state index >= 15 is 0 Å². The van der Waals surface area contributed by atoms with E-state index in [-0.39, 0.29) is 13.0 Å². The van der Waals surface area contributed by atoms with Crippen molar-refractivity contribution in [2.45, 2.75) is 19.1 Å². The van der Waals surface area contributed by atoms with E-state index in [1.165, 1.54) is 11.3 Å². The molecule has 1 aromatic heterocycles. The highest BCUT2D eigenvalue weighted by Crippen LogP contribution is 2.07. The van der Waals surface area contributed by atoms with Crippen LogP contribution in [0.3, 0.4) is 0 Å². The zero-order valence-corrected chi connectivity index (χ0v) is 11.9. The van der Waals surface area contributed by atoms with E-state index in [0.29, 0.717) is 0 Å². The van der Waals surface area contributed by atoms with Crippen molar-refractivity contribution in [1.29, 1.82) is 0 Å². The molecule has 1 amide bonds. The lowest BCUT2D eigenvalue weighted by Gasteiger charge is -2.14. The number of carbonyl (C=O) groups excluding carboxylic acids is 1. The van der Waals surface area contributed by atoms with Crippen LogP contribution in [0.5, 0.6) is 0 Å². The zero-order chi connectivity index (χ0) is 15.1. The Morgan fingerprint density at radius 1 is 1.33 bits per heavy atom. The summed E-state index contributed by atoms with van der Waals surface area (Å²) in [6.45, 7) is 0.0776. The van der Waals surface area contributed by atoms with Crippen LogP contribution in [0.2, 0.25) is 0 Å². The van der Waals surface area contributed by atoms with E-state index in [4.69, 9.17) is 9.84 Å². The minimum atomic E-state index is -1.10. The molecule has 0 saturated heterocycles. The molecule has 0 radical (unpaired) electrons. The van der Waals surface area contributed by atoms with Gasteiger partial charge in [-0.1, -0.05) is 30.3 Å². The number of hydrogen-bond donors (Lipinski definition) is 2. The zero-order valence-electron chi connectivity index (χ0n) is 11.1. The Hall–Kier alpha value is -2.41. The number of rotatable bonds is 6. The fourth-order valence-electron chi connectivity index (χ4n) is 1.68. The molecule has 0 bridgehead atoms. The number of carboxylic acid groups (broad SMARTS) is 1. The number of carboxylic acids is 1. The normalized spacial score (nSPS) is 11.6. The summed E-state index contributed by atoms with van der Waals surface area (Å²) >= 11 is 1.36. The Labute approximate surface area is 125 Å². The summed E-state index contributed by atoms with van der Waals surface area (Å²) in [4.78, 5) is 27.5. The fraction of sp³-hybridized carbons (Fsp3) is 0.214. The van der Waals surface area contributed by atoms with Crippen LogP contribution in [-0.2, 0) is 22.6 Å². The van der Waals surface area contributed by atoms with Crippen LogP contribution in [0.15, 0.2) is 42.0 Å². The van der Waals surface area contributed by atoms with Gasteiger partial charge in [0.1, 0.15) is 12.6 Å². The van der Waals surface area contributed by atoms with Crippen molar-refractivity contribution in [3.63, 3.8) is 0 Å². The van der Waals surface area contributed by atoms with E-state index < -0.39 is 18.1 Å². The Kier molecular flexibility index (Phi) is 5.28. The first-order valence-corrected chi connectivity index (χ1v) is 7.10. The molecule has 110 valence electrons. The summed E-state index contributed by atoms with van der Waals surface area (Å²) in [6, 6.07) is 8.06. The molecule has 0 aliphatic heterocycles. The smallest absolute Gasteiger partial charge is 0.408 e. The van der Waals surface area contributed by atoms with Gasteiger partial charge < -0.3 is 15.2 Å². The van der Waals surface area contributed by atoms with Gasteiger partial charge in [0, 0.05) is 12.6 Å². The first kappa shape index (κ1) is 15.0. The molecule has 0 spiro atoms. The lowest BCUT2D eigenvalue weighted by molar-refractivity contribution is -0.139. The Morgan fingerprint density at radius 2 is 2.10 bits per heavy atom. The maximum Gasteiger partial charge on any atom is 0.408 e. The first-order chi connectivity index (χ1) is 10.1. The van der Waals surface area contributed by atoms with E-state index in [2.05, 4.69) is 10.3 Å². The number of aromatic nitrogens is 1. The SMILES string of the molecule is O=C(N[C@@H](Cc1ccccc1)C(=O)O)OCc1cncs1. The number of ether oxygens (including phenoxy) is 1. The highest BCUT2D eigenvalue weighted by molar-refractivity contribution is 7.09. The van der Waals surface area contributed by atoms with Crippen molar-refractivity contribution < 1.29 is 19.4 Å². The van der Waals surface area contributed by atoms with Crippen LogP contribution in [0.1, 0.15) is 10.4 Å². The Morgan fingerprint density at radius 3 is 2.71 bits per heavy atom. The molecule has 0 unspecified atom stereocenters. The number of thiazole rings is 1. The van der Waals surface area contributed by atoms with Crippen LogP contribution in [0.25, 0.3) is 0 Å². The summed E-state index contributed by atoms with van der Waals surface area (Å²) in [5.74, 6) is -1.10. The van der Waals surface area contributed by atoms with E-state index in [0.717, 1.165) is 10.4 Å². The minimum absolute atomic E-state index is 0.0776. The number of nitrogens with one attached hydrogen (secondary N) is 1. The van der Waals surface area contributed by atoms with Crippen LogP contribution in [0, 0.1) is 0 Å². The van der Waals surface area contributed by atoms with Crippen molar-refractivity contribution >= 4 is 23.4 Å². The summed E-state index contributed by atoms with van der Waals surface area (Å²) in [5, 5.41) is 11.5. The lowest BCUT2D eigenvalue weighted by atomic mass is 10.1. The van der Waals surface area contributed by atoms with E-state index in [9.17, 15) is 9.59 Å². The molecule has 2 rings (SSSR count). The highest BCUT2D eigenvalue weighted by Gasteiger charge is 2.21. The lowest BCUT2D eigenvalue weighted by Crippen LogP contribution is -2.42. The van der Waals surface area contributed by atoms with Gasteiger partial charge >= 0.3 is 12.1 Å². The molecular formula is C14H14N2O4S. The molecule has 0 aliphatic rings. The Bertz CT molecular complexity index is 586. The molecule has 6 nitrogen and oxygen atoms in total. The van der Waals surface area contributed by atoms with Crippen molar-refractivity contribution in [1.82, 2.24) is 10.3 Å². The molecule has 1 heterocycles. The molecule has 0 saturated carbocycles. The van der Waals surface area contributed by atoms with Gasteiger partial charge in [-0.3, -0.25) is 4.98 Å². The van der Waals surface area contributed by atoms with Crippen molar-refractivity contribution in [2.75, 3.05) is 0 Å². The third kappa shape index (κ3) is 4.88. The maximum absolute atomic E-state index is 11.6. The molecule has 1 atom stereocenters. The molecular weight excluding hydrogens is 292 g/mol. The quantitative estimate of drug-likeness (QED) is 0.853. The average Bonchev–Trinajstić information content (AvgIpc) is 2.99. The van der Waals surface area contributed by atoms with Gasteiger partial charge in [-0.15, -0.1) is 11.3 Å². The van der Waals surface area contributed by atoms with Crippen molar-refractivity contribution in [3.05, 3.63) is 52.5 Å². The number of benzene rings is 1. The van der Waals surface area contributed by atoms with Crippen LogP contribution < -0.4 is 5.32 Å². The summed E-state index contributed by atoms with van der Waals surface area (Å²) < 4.78 is 4.96. The molecule has 0 aliphatic carbocycles. The van der Waals surface area contributed by atoms with E-state index in [1.54, 1.807) is 23.8 Å². The summed E-state index contributed by atoms with van der Waals surface area (Å²) in [6.07, 6.45) is 1.04. The molecule has 21 heavy (non-hydrogen) atoms. The van der Waals surface area contributed by atoms with Gasteiger partial charge in [0.05, 0.1) is 10.4 Å². The van der Waals surface area contributed by atoms with Crippen molar-refractivity contribution in [3.8, 4) is 0 Å². The number of alkyl carbamates (subject to hydrolysis) is 1. The molecule has 0 fully saturated rings. The number of hydrogen-bond acceptors (Lipinski definition) is 5. The topological polar surface area (TPSA) is 88.5 Å². The largest absolute Gasteiger partial charge is 0.480 e. The third-order valence-corrected chi connectivity index (χ3v) is 3.45. The highest BCUT2D eigenvalue weighted by atomic mass is 32.1. The summed E-state index contributed by atoms with van der Waals surface area (Å²) in [7, 11) is 0. The standard InChI is InChI=1S/C14H14N2O4S/c17-13(18)12(6-10-4-2-1-3-5-10)16-14(19)20-8-11-7-15-9-21-11/h1-5,7,9,12H,6,8H2,(H,16,19)(H,17,18)/t12-/m0/s1. The number of amides is 1. The second-order valence-electron chi connectivity index (χ2n) is 4.27. The van der Waals surface area contributed by atoms with Crippen LogP contribution in [-0.4, -0.2) is 28.2 Å². The van der Waals surface area contributed by atoms with Gasteiger partial charge in [-0.25, -0.2) is 9.59 Å². The molecule has 1 aromatic carbocycles. The van der Waals surface area contributed by atoms with Crippen molar-refractivity contribution in [2.24, 2.45) is 0 Å². The second kappa shape index (κ2) is 7.39. The van der Waals surface area contributed by atoms with Gasteiger partial charge in [0.2, 0.25) is 0 Å². The molecule has 7 heteroatoms. The van der Waals surface area contributed by atoms with Gasteiger partial charge in [-0.2, -0.15) is 0 Å². The monoisotopic (exact) mass is 306 g/mol. The van der Waals surface area contributed by atoms with E-state index in [1.807, 2.05) is 18.2 Å². The molecule has 2 aromatic rings. The van der Waals surface area contributed by atoms with Gasteiger partial charge in [0.25, 0.3) is 0 Å². The van der Waals surface area contributed by atoms with Crippen LogP contribution in [0.4, 0.5) is 4.79 Å². The number of carbonyl (C=O) groups is 2. The average molecular weight is 306 g/mol. The third-order valence-electron chi connectivity index (χ3n) is 2.70. The number of nitrogens with zero attached hydrogens (tertiary/aromatic N) is 1. The van der Waals surface area contributed by atoms with Gasteiger partial charge in [0.15, 0.2) is 0 Å². The van der Waals surface area contributed by atoms with Gasteiger partial charge in [-0.05, 0) is 5.56 Å². The number of aliphatic carboxylic acids is 1. The fourth-order valence-corrected chi connectivity index (χ4v) is 2.19. The first-order valence-electron chi connectivity index (χ1n) is 6.22. The maximum atomic E-state index is 11.6. The molecule has 2 N–H and O–H groups in total. The second-order valence-corrected chi connectivity index (χ2v) is 5.24. The predicted molar refractivity (Wildman–Crippen MR) is 77.0 cm³/mol. The van der Waals surface area contributed by atoms with Crippen LogP contribution >= 0.6 is 11.3 Å². The predicted octanol–water partition coefficient (Wildman–Crippen LogP) is 2.07. The minimum Gasteiger partial charge on any atom is -0.480 e.